The number of anilines is 2. The summed E-state index contributed by atoms with van der Waals surface area (Å²) in [4.78, 5) is 0. The number of nitrogens with two attached hydrogens (primary N) is 1. The van der Waals surface area contributed by atoms with E-state index in [2.05, 4.69) is 16.5 Å². The number of nitrogens with zero attached hydrogens (tertiary/aromatic N) is 3. The van der Waals surface area contributed by atoms with Gasteiger partial charge in [-0.2, -0.15) is 10.4 Å². The van der Waals surface area contributed by atoms with Gasteiger partial charge in [0.2, 0.25) is 0 Å². The number of hydrogen-bond acceptors (Lipinski definition) is 4. The van der Waals surface area contributed by atoms with Crippen molar-refractivity contribution in [2.45, 2.75) is 19.9 Å². The third-order valence-corrected chi connectivity index (χ3v) is 3.01. The molecule has 0 aliphatic heterocycles. The highest BCUT2D eigenvalue weighted by Crippen LogP contribution is 2.19. The molecule has 98 valence electrons. The molecule has 2 rings (SSSR count). The van der Waals surface area contributed by atoms with Gasteiger partial charge in [-0.15, -0.1) is 0 Å². The van der Waals surface area contributed by atoms with Crippen LogP contribution in [-0.2, 0) is 20.0 Å². The van der Waals surface area contributed by atoms with Gasteiger partial charge in [0.05, 0.1) is 18.2 Å². The van der Waals surface area contributed by atoms with Crippen molar-refractivity contribution in [2.24, 2.45) is 7.05 Å². The van der Waals surface area contributed by atoms with E-state index in [4.69, 9.17) is 11.0 Å². The molecule has 0 radical (unpaired) electrons. The molecule has 0 fully saturated rings. The van der Waals surface area contributed by atoms with E-state index in [1.807, 2.05) is 38.4 Å². The normalized spacial score (nSPS) is 10.2. The number of benzene rings is 1. The minimum Gasteiger partial charge on any atom is -0.398 e. The highest BCUT2D eigenvalue weighted by Gasteiger charge is 2.04. The van der Waals surface area contributed by atoms with Gasteiger partial charge in [-0.3, -0.25) is 4.68 Å². The average molecular weight is 255 g/mol. The Balaban J connectivity index is 2.10. The topological polar surface area (TPSA) is 79.7 Å². The van der Waals surface area contributed by atoms with Crippen LogP contribution in [-0.4, -0.2) is 9.78 Å². The van der Waals surface area contributed by atoms with Crippen LogP contribution in [0, 0.1) is 18.3 Å². The molecule has 1 aromatic carbocycles. The Hall–Kier alpha value is -2.48. The molecule has 5 heteroatoms. The molecule has 2 aromatic rings. The maximum atomic E-state index is 8.75. The Morgan fingerprint density at radius 1 is 1.42 bits per heavy atom. The van der Waals surface area contributed by atoms with Gasteiger partial charge in [-0.05, 0) is 30.7 Å². The van der Waals surface area contributed by atoms with Crippen molar-refractivity contribution in [1.29, 1.82) is 5.26 Å². The maximum absolute atomic E-state index is 8.75. The monoisotopic (exact) mass is 255 g/mol. The molecule has 0 amide bonds. The average Bonchev–Trinajstić information content (AvgIpc) is 2.69. The largest absolute Gasteiger partial charge is 0.398 e. The molecule has 0 atom stereocenters. The zero-order valence-corrected chi connectivity index (χ0v) is 11.1. The molecule has 0 spiro atoms. The van der Waals surface area contributed by atoms with Gasteiger partial charge in [0.1, 0.15) is 0 Å². The van der Waals surface area contributed by atoms with Crippen LogP contribution in [0.1, 0.15) is 16.8 Å². The molecule has 0 unspecified atom stereocenters. The smallest absolute Gasteiger partial charge is 0.0670 e. The van der Waals surface area contributed by atoms with Crippen molar-refractivity contribution in [3.8, 4) is 6.07 Å². The molecular weight excluding hydrogens is 238 g/mol. The molecule has 19 heavy (non-hydrogen) atoms. The lowest BCUT2D eigenvalue weighted by Gasteiger charge is -2.08. The summed E-state index contributed by atoms with van der Waals surface area (Å²) in [5, 5.41) is 16.4. The number of aromatic nitrogens is 2. The first kappa shape index (κ1) is 13.0. The minimum absolute atomic E-state index is 0.327. The first-order chi connectivity index (χ1) is 9.10. The lowest BCUT2D eigenvalue weighted by atomic mass is 10.1. The fourth-order valence-electron chi connectivity index (χ4n) is 1.97. The van der Waals surface area contributed by atoms with Crippen molar-refractivity contribution in [2.75, 3.05) is 11.1 Å². The van der Waals surface area contributed by atoms with Crippen molar-refractivity contribution in [1.82, 2.24) is 9.78 Å². The number of nitrogen functional groups attached to an aromatic ring is 1. The summed E-state index contributed by atoms with van der Waals surface area (Å²) < 4.78 is 1.80. The third kappa shape index (κ3) is 3.05. The summed E-state index contributed by atoms with van der Waals surface area (Å²) in [6, 6.07) is 7.78. The van der Waals surface area contributed by atoms with Crippen molar-refractivity contribution in [3.63, 3.8) is 0 Å². The lowest BCUT2D eigenvalue weighted by molar-refractivity contribution is 0.756. The minimum atomic E-state index is 0.327. The zero-order valence-electron chi connectivity index (χ0n) is 11.1. The van der Waals surface area contributed by atoms with Crippen LogP contribution in [0.4, 0.5) is 11.4 Å². The molecular formula is C14H17N5. The van der Waals surface area contributed by atoms with E-state index in [9.17, 15) is 0 Å². The summed E-state index contributed by atoms with van der Waals surface area (Å²) >= 11 is 0. The number of aryl methyl sites for hydroxylation is 2. The molecule has 5 nitrogen and oxygen atoms in total. The SMILES string of the molecule is Cc1nn(C)cc1CNc1ccc(N)c(CC#N)c1. The Labute approximate surface area is 112 Å². The predicted molar refractivity (Wildman–Crippen MR) is 75.4 cm³/mol. The number of hydrogen-bond donors (Lipinski definition) is 2. The standard InChI is InChI=1S/C14H17N5/c1-10-12(9-19(2)18-10)8-17-13-3-4-14(16)11(7-13)5-6-15/h3-4,7,9,17H,5,8,16H2,1-2H3. The predicted octanol–water partition coefficient (Wildman–Crippen LogP) is 1.99. The van der Waals surface area contributed by atoms with Crippen LogP contribution >= 0.6 is 0 Å². The van der Waals surface area contributed by atoms with Gasteiger partial charge in [-0.25, -0.2) is 0 Å². The molecule has 0 saturated heterocycles. The summed E-state index contributed by atoms with van der Waals surface area (Å²) in [6.07, 6.45) is 2.32. The second-order valence-electron chi connectivity index (χ2n) is 4.52. The quantitative estimate of drug-likeness (QED) is 0.819. The van der Waals surface area contributed by atoms with Crippen molar-refractivity contribution >= 4 is 11.4 Å². The van der Waals surface area contributed by atoms with Gasteiger partial charge in [0, 0.05) is 36.7 Å². The van der Waals surface area contributed by atoms with E-state index in [1.165, 1.54) is 0 Å². The Kier molecular flexibility index (Phi) is 3.71. The number of nitrogens with one attached hydrogen (secondary N) is 1. The lowest BCUT2D eigenvalue weighted by Crippen LogP contribution is -2.02. The molecule has 0 aliphatic carbocycles. The number of nitriles is 1. The van der Waals surface area contributed by atoms with Crippen molar-refractivity contribution in [3.05, 3.63) is 41.2 Å². The molecule has 0 bridgehead atoms. The molecule has 3 N–H and O–H groups in total. The van der Waals surface area contributed by atoms with Gasteiger partial charge in [0.15, 0.2) is 0 Å². The molecule has 1 heterocycles. The van der Waals surface area contributed by atoms with Gasteiger partial charge < -0.3 is 11.1 Å². The first-order valence-corrected chi connectivity index (χ1v) is 6.08. The van der Waals surface area contributed by atoms with Gasteiger partial charge in [0.25, 0.3) is 0 Å². The van der Waals surface area contributed by atoms with E-state index in [0.29, 0.717) is 18.7 Å². The summed E-state index contributed by atoms with van der Waals surface area (Å²) in [7, 11) is 1.91. The first-order valence-electron chi connectivity index (χ1n) is 6.08. The number of rotatable bonds is 4. The second-order valence-corrected chi connectivity index (χ2v) is 4.52. The third-order valence-electron chi connectivity index (χ3n) is 3.01. The second kappa shape index (κ2) is 5.44. The van der Waals surface area contributed by atoms with Gasteiger partial charge in [-0.1, -0.05) is 0 Å². The maximum Gasteiger partial charge on any atom is 0.0670 e. The van der Waals surface area contributed by atoms with E-state index in [0.717, 1.165) is 22.5 Å². The summed E-state index contributed by atoms with van der Waals surface area (Å²) in [5.74, 6) is 0. The Morgan fingerprint density at radius 2 is 2.21 bits per heavy atom. The van der Waals surface area contributed by atoms with Gasteiger partial charge >= 0.3 is 0 Å². The highest BCUT2D eigenvalue weighted by molar-refractivity contribution is 5.58. The van der Waals surface area contributed by atoms with Crippen LogP contribution in [0.15, 0.2) is 24.4 Å². The van der Waals surface area contributed by atoms with Crippen LogP contribution in [0.3, 0.4) is 0 Å². The van der Waals surface area contributed by atoms with Crippen LogP contribution in [0.25, 0.3) is 0 Å². The van der Waals surface area contributed by atoms with E-state index in [-0.39, 0.29) is 0 Å². The fourth-order valence-corrected chi connectivity index (χ4v) is 1.97. The van der Waals surface area contributed by atoms with E-state index in [1.54, 1.807) is 4.68 Å². The zero-order chi connectivity index (χ0) is 13.8. The van der Waals surface area contributed by atoms with Crippen molar-refractivity contribution < 1.29 is 0 Å². The summed E-state index contributed by atoms with van der Waals surface area (Å²) in [6.45, 7) is 2.69. The van der Waals surface area contributed by atoms with E-state index >= 15 is 0 Å². The molecule has 0 saturated carbocycles. The van der Waals surface area contributed by atoms with Crippen LogP contribution in [0.5, 0.6) is 0 Å². The Morgan fingerprint density at radius 3 is 2.84 bits per heavy atom. The highest BCUT2D eigenvalue weighted by atomic mass is 15.2. The fraction of sp³-hybridized carbons (Fsp3) is 0.286. The summed E-state index contributed by atoms with van der Waals surface area (Å²) in [5.41, 5.74) is 10.5. The van der Waals surface area contributed by atoms with E-state index < -0.39 is 0 Å². The van der Waals surface area contributed by atoms with Crippen LogP contribution in [0.2, 0.25) is 0 Å². The molecule has 1 aromatic heterocycles. The molecule has 0 aliphatic rings. The van der Waals surface area contributed by atoms with Crippen LogP contribution < -0.4 is 11.1 Å². The Bertz CT molecular complexity index is 621.